The van der Waals surface area contributed by atoms with Crippen LogP contribution < -0.4 is 5.32 Å². The van der Waals surface area contributed by atoms with Crippen molar-refractivity contribution in [2.75, 3.05) is 18.9 Å². The summed E-state index contributed by atoms with van der Waals surface area (Å²) in [4.78, 5) is 25.8. The second-order valence-corrected chi connectivity index (χ2v) is 10.2. The Hall–Kier alpha value is -3.56. The van der Waals surface area contributed by atoms with Crippen LogP contribution in [-0.4, -0.2) is 47.7 Å². The Morgan fingerprint density at radius 1 is 0.975 bits per heavy atom. The maximum Gasteiger partial charge on any atom is 0.303 e. The van der Waals surface area contributed by atoms with E-state index in [1.54, 1.807) is 12.1 Å². The Kier molecular flexibility index (Phi) is 10.1. The van der Waals surface area contributed by atoms with Crippen molar-refractivity contribution in [3.05, 3.63) is 101 Å². The normalized spacial score (nSPS) is 20.5. The van der Waals surface area contributed by atoms with E-state index in [0.29, 0.717) is 18.7 Å². The molecule has 0 aromatic heterocycles. The lowest BCUT2D eigenvalue weighted by Gasteiger charge is -2.39. The molecule has 0 spiro atoms. The predicted molar refractivity (Wildman–Crippen MR) is 152 cm³/mol. The Bertz CT molecular complexity index is 1250. The van der Waals surface area contributed by atoms with Gasteiger partial charge in [-0.3, -0.25) is 14.5 Å². The highest BCUT2D eigenvalue weighted by Gasteiger charge is 2.33. The molecule has 0 unspecified atom stereocenters. The van der Waals surface area contributed by atoms with E-state index in [1.165, 1.54) is 19.4 Å². The molecular weight excluding hydrogens is 508 g/mol. The van der Waals surface area contributed by atoms with Gasteiger partial charge in [0.05, 0.1) is 18.8 Å². The molecule has 1 aliphatic heterocycles. The molecule has 0 radical (unpaired) electrons. The van der Waals surface area contributed by atoms with E-state index >= 15 is 0 Å². The third-order valence-corrected chi connectivity index (χ3v) is 7.21. The number of hydrogen-bond donors (Lipinski definition) is 2. The molecule has 2 N–H and O–H groups in total. The van der Waals surface area contributed by atoms with Crippen LogP contribution in [-0.2, 0) is 30.4 Å². The third-order valence-electron chi connectivity index (χ3n) is 7.21. The van der Waals surface area contributed by atoms with Gasteiger partial charge in [-0.2, -0.15) is 0 Å². The molecule has 8 nitrogen and oxygen atoms in total. The summed E-state index contributed by atoms with van der Waals surface area (Å²) < 4.78 is 17.9. The zero-order valence-corrected chi connectivity index (χ0v) is 23.4. The largest absolute Gasteiger partial charge is 0.453 e. The van der Waals surface area contributed by atoms with E-state index in [0.717, 1.165) is 16.7 Å². The molecule has 0 bridgehead atoms. The van der Waals surface area contributed by atoms with Gasteiger partial charge >= 0.3 is 5.97 Å². The summed E-state index contributed by atoms with van der Waals surface area (Å²) in [5.41, 5.74) is 4.52. The minimum Gasteiger partial charge on any atom is -0.453 e. The van der Waals surface area contributed by atoms with Crippen molar-refractivity contribution in [2.24, 2.45) is 0 Å². The fourth-order valence-corrected chi connectivity index (χ4v) is 4.77. The number of aliphatic hydroxyl groups is 1. The average molecular weight is 547 g/mol. The van der Waals surface area contributed by atoms with Crippen molar-refractivity contribution in [1.29, 1.82) is 0 Å². The first-order valence-electron chi connectivity index (χ1n) is 13.6. The van der Waals surface area contributed by atoms with Gasteiger partial charge in [0.1, 0.15) is 0 Å². The van der Waals surface area contributed by atoms with Crippen LogP contribution >= 0.6 is 0 Å². The molecule has 1 heterocycles. The van der Waals surface area contributed by atoms with Crippen molar-refractivity contribution in [2.45, 2.75) is 64.4 Å². The van der Waals surface area contributed by atoms with E-state index in [-0.39, 0.29) is 24.9 Å². The van der Waals surface area contributed by atoms with E-state index < -0.39 is 24.3 Å². The topological polar surface area (TPSA) is 97.3 Å². The highest BCUT2D eigenvalue weighted by molar-refractivity contribution is 5.94. The third kappa shape index (κ3) is 7.76. The van der Waals surface area contributed by atoms with Gasteiger partial charge in [0.2, 0.25) is 0 Å². The number of carbonyl (C=O) groups excluding carboxylic acids is 2. The molecule has 1 amide bonds. The van der Waals surface area contributed by atoms with Crippen LogP contribution in [0, 0.1) is 0 Å². The first kappa shape index (κ1) is 29.4. The van der Waals surface area contributed by atoms with Crippen molar-refractivity contribution in [3.8, 4) is 0 Å². The van der Waals surface area contributed by atoms with E-state index in [2.05, 4.69) is 48.5 Å². The minimum atomic E-state index is -0.892. The maximum absolute atomic E-state index is 12.3. The van der Waals surface area contributed by atoms with E-state index in [4.69, 9.17) is 14.2 Å². The number of rotatable bonds is 10. The van der Waals surface area contributed by atoms with Crippen molar-refractivity contribution in [3.63, 3.8) is 0 Å². The number of likely N-dealkylation sites (N-methyl/N-ethyl adjacent to an activating group) is 1. The van der Waals surface area contributed by atoms with Gasteiger partial charge in [-0.15, -0.1) is 0 Å². The second kappa shape index (κ2) is 13.7. The standard InChI is InChI=1S/C32H38N2O6/c1-21(25-8-6-5-7-9-25)34(4)19-29-18-30(26-12-10-24(20-35)11-13-26)40-32(39-29)27-14-16-28(17-15-27)33-31(37)22(2)38-23(3)36/h5-17,21-22,29-30,32,35H,18-20H2,1-4H3,(H,33,37)/t21-,22-,29-,30+,32+/m0/s1. The molecule has 212 valence electrons. The SMILES string of the molecule is CC(=O)O[C@@H](C)C(=O)Nc1ccc([C@@H]2O[C@H](CN(C)[C@@H](C)c3ccccc3)C[C@H](c3ccc(CO)cc3)O2)cc1. The molecule has 3 aromatic rings. The second-order valence-electron chi connectivity index (χ2n) is 10.2. The van der Waals surface area contributed by atoms with Gasteiger partial charge in [-0.1, -0.05) is 66.7 Å². The lowest BCUT2D eigenvalue weighted by molar-refractivity contribution is -0.253. The predicted octanol–water partition coefficient (Wildman–Crippen LogP) is 5.31. The lowest BCUT2D eigenvalue weighted by Crippen LogP contribution is -2.38. The number of carbonyl (C=O) groups is 2. The molecule has 0 aliphatic carbocycles. The van der Waals surface area contributed by atoms with Crippen LogP contribution in [0.2, 0.25) is 0 Å². The van der Waals surface area contributed by atoms with Crippen LogP contribution in [0.3, 0.4) is 0 Å². The quantitative estimate of drug-likeness (QED) is 0.333. The number of aliphatic hydroxyl groups excluding tert-OH is 1. The van der Waals surface area contributed by atoms with Crippen LogP contribution in [0.25, 0.3) is 0 Å². The smallest absolute Gasteiger partial charge is 0.303 e. The summed E-state index contributed by atoms with van der Waals surface area (Å²) in [5.74, 6) is -0.918. The highest BCUT2D eigenvalue weighted by Crippen LogP contribution is 2.39. The van der Waals surface area contributed by atoms with E-state index in [1.807, 2.05) is 42.5 Å². The molecule has 1 saturated heterocycles. The van der Waals surface area contributed by atoms with Gasteiger partial charge in [-0.25, -0.2) is 0 Å². The number of hydrogen-bond acceptors (Lipinski definition) is 7. The van der Waals surface area contributed by atoms with Gasteiger partial charge in [-0.05, 0) is 49.7 Å². The van der Waals surface area contributed by atoms with Crippen molar-refractivity contribution < 1.29 is 28.9 Å². The molecule has 3 aromatic carbocycles. The summed E-state index contributed by atoms with van der Waals surface area (Å²) in [5, 5.41) is 12.2. The summed E-state index contributed by atoms with van der Waals surface area (Å²) >= 11 is 0. The number of anilines is 1. The Labute approximate surface area is 235 Å². The lowest BCUT2D eigenvalue weighted by atomic mass is 9.99. The molecule has 4 rings (SSSR count). The van der Waals surface area contributed by atoms with Crippen LogP contribution in [0.5, 0.6) is 0 Å². The molecule has 1 fully saturated rings. The summed E-state index contributed by atoms with van der Waals surface area (Å²) in [6, 6.07) is 25.7. The van der Waals surface area contributed by atoms with Crippen molar-refractivity contribution in [1.82, 2.24) is 4.90 Å². The molecular formula is C32H38N2O6. The first-order chi connectivity index (χ1) is 19.2. The van der Waals surface area contributed by atoms with Crippen LogP contribution in [0.4, 0.5) is 5.69 Å². The van der Waals surface area contributed by atoms with Gasteiger partial charge in [0.25, 0.3) is 5.91 Å². The molecule has 0 saturated carbocycles. The Morgan fingerprint density at radius 2 is 1.62 bits per heavy atom. The summed E-state index contributed by atoms with van der Waals surface area (Å²) in [7, 11) is 2.10. The minimum absolute atomic E-state index is 0.00905. The van der Waals surface area contributed by atoms with Crippen molar-refractivity contribution >= 4 is 17.6 Å². The maximum atomic E-state index is 12.3. The van der Waals surface area contributed by atoms with Gasteiger partial charge in [0.15, 0.2) is 12.4 Å². The number of nitrogens with zero attached hydrogens (tertiary/aromatic N) is 1. The fourth-order valence-electron chi connectivity index (χ4n) is 4.77. The monoisotopic (exact) mass is 546 g/mol. The molecule has 5 atom stereocenters. The highest BCUT2D eigenvalue weighted by atomic mass is 16.7. The zero-order chi connectivity index (χ0) is 28.6. The molecule has 40 heavy (non-hydrogen) atoms. The zero-order valence-electron chi connectivity index (χ0n) is 23.4. The average Bonchev–Trinajstić information content (AvgIpc) is 2.97. The van der Waals surface area contributed by atoms with Gasteiger partial charge < -0.3 is 24.6 Å². The number of benzene rings is 3. The summed E-state index contributed by atoms with van der Waals surface area (Å²) in [6.07, 6.45) is -1.10. The Balaban J connectivity index is 1.50. The Morgan fingerprint density at radius 3 is 2.25 bits per heavy atom. The number of nitrogens with one attached hydrogen (secondary N) is 1. The van der Waals surface area contributed by atoms with E-state index in [9.17, 15) is 14.7 Å². The fraction of sp³-hybridized carbons (Fsp3) is 0.375. The molecule has 8 heteroatoms. The van der Waals surface area contributed by atoms with Crippen LogP contribution in [0.15, 0.2) is 78.9 Å². The number of amides is 1. The first-order valence-corrected chi connectivity index (χ1v) is 13.6. The van der Waals surface area contributed by atoms with Gasteiger partial charge in [0, 0.05) is 37.2 Å². The summed E-state index contributed by atoms with van der Waals surface area (Å²) in [6.45, 7) is 5.68. The van der Waals surface area contributed by atoms with Crippen LogP contribution in [0.1, 0.15) is 67.9 Å². The number of ether oxygens (including phenoxy) is 3. The molecule has 1 aliphatic rings. The number of esters is 1.